The molecular weight excluding hydrogens is 411 g/mol. The third-order valence-corrected chi connectivity index (χ3v) is 5.82. The molecule has 3 aromatic rings. The van der Waals surface area contributed by atoms with Gasteiger partial charge in [0.15, 0.2) is 11.0 Å². The molecule has 0 saturated carbocycles. The van der Waals surface area contributed by atoms with Gasteiger partial charge in [-0.15, -0.1) is 21.5 Å². The van der Waals surface area contributed by atoms with Crippen molar-refractivity contribution in [2.24, 2.45) is 0 Å². The molecule has 2 aromatic heterocycles. The second kappa shape index (κ2) is 8.90. The number of thioether (sulfide) groups is 1. The van der Waals surface area contributed by atoms with Crippen molar-refractivity contribution in [1.82, 2.24) is 14.8 Å². The molecule has 0 spiro atoms. The summed E-state index contributed by atoms with van der Waals surface area (Å²) in [6.45, 7) is 2.90. The van der Waals surface area contributed by atoms with Gasteiger partial charge >= 0.3 is 0 Å². The average molecular weight is 427 g/mol. The van der Waals surface area contributed by atoms with Crippen molar-refractivity contribution in [2.45, 2.75) is 25.0 Å². The van der Waals surface area contributed by atoms with Gasteiger partial charge in [-0.1, -0.05) is 48.0 Å². The minimum Gasteiger partial charge on any atom is -0.324 e. The molecular formula is C17H16Cl2N4OS2. The monoisotopic (exact) mass is 426 g/mol. The number of nitrogens with zero attached hydrogens (tertiary/aromatic N) is 3. The molecule has 0 aliphatic heterocycles. The summed E-state index contributed by atoms with van der Waals surface area (Å²) in [6.07, 6.45) is 0.955. The Labute approximate surface area is 169 Å². The van der Waals surface area contributed by atoms with E-state index in [-0.39, 0.29) is 11.7 Å². The summed E-state index contributed by atoms with van der Waals surface area (Å²) in [5.74, 6) is 0.888. The third-order valence-electron chi connectivity index (χ3n) is 3.44. The molecule has 0 aliphatic carbocycles. The average Bonchev–Trinajstić information content (AvgIpc) is 3.26. The first-order valence-electron chi connectivity index (χ1n) is 7.93. The van der Waals surface area contributed by atoms with Gasteiger partial charge in [0.25, 0.3) is 0 Å². The van der Waals surface area contributed by atoms with Crippen LogP contribution in [0.5, 0.6) is 0 Å². The lowest BCUT2D eigenvalue weighted by Gasteiger charge is -2.09. The van der Waals surface area contributed by atoms with Crippen molar-refractivity contribution < 1.29 is 4.79 Å². The highest BCUT2D eigenvalue weighted by molar-refractivity contribution is 7.99. The predicted octanol–water partition coefficient (Wildman–Crippen LogP) is 5.45. The molecule has 0 fully saturated rings. The van der Waals surface area contributed by atoms with Crippen LogP contribution < -0.4 is 5.32 Å². The second-order valence-corrected chi connectivity index (χ2v) is 8.13. The fourth-order valence-electron chi connectivity index (χ4n) is 2.32. The highest BCUT2D eigenvalue weighted by Crippen LogP contribution is 2.28. The first kappa shape index (κ1) is 19.2. The van der Waals surface area contributed by atoms with Crippen LogP contribution in [-0.2, 0) is 11.3 Å². The van der Waals surface area contributed by atoms with E-state index >= 15 is 0 Å². The summed E-state index contributed by atoms with van der Waals surface area (Å²) in [7, 11) is 0. The lowest BCUT2D eigenvalue weighted by Crippen LogP contribution is -2.15. The highest BCUT2D eigenvalue weighted by Gasteiger charge is 2.16. The van der Waals surface area contributed by atoms with Crippen molar-refractivity contribution in [2.75, 3.05) is 11.1 Å². The smallest absolute Gasteiger partial charge is 0.234 e. The SMILES string of the molecule is CCCn1c(SCC(=O)Nc2ccc(Cl)cc2Cl)nnc1-c1cccs1. The number of carbonyl (C=O) groups excluding carboxylic acids is 1. The zero-order chi connectivity index (χ0) is 18.5. The molecule has 1 N–H and O–H groups in total. The predicted molar refractivity (Wildman–Crippen MR) is 109 cm³/mol. The fraction of sp³-hybridized carbons (Fsp3) is 0.235. The molecule has 0 unspecified atom stereocenters. The Morgan fingerprint density at radius 3 is 2.85 bits per heavy atom. The number of nitrogens with one attached hydrogen (secondary N) is 1. The van der Waals surface area contributed by atoms with Crippen LogP contribution in [-0.4, -0.2) is 26.4 Å². The highest BCUT2D eigenvalue weighted by atomic mass is 35.5. The van der Waals surface area contributed by atoms with E-state index in [0.717, 1.165) is 28.8 Å². The summed E-state index contributed by atoms with van der Waals surface area (Å²) in [4.78, 5) is 13.3. The molecule has 0 bridgehead atoms. The molecule has 0 radical (unpaired) electrons. The van der Waals surface area contributed by atoms with Gasteiger partial charge < -0.3 is 9.88 Å². The van der Waals surface area contributed by atoms with Crippen molar-refractivity contribution >= 4 is 57.9 Å². The Hall–Kier alpha value is -1.54. The first-order valence-corrected chi connectivity index (χ1v) is 10.6. The molecule has 0 aliphatic rings. The van der Waals surface area contributed by atoms with Gasteiger partial charge in [0, 0.05) is 11.6 Å². The Balaban J connectivity index is 1.68. The van der Waals surface area contributed by atoms with E-state index in [1.165, 1.54) is 11.8 Å². The zero-order valence-corrected chi connectivity index (χ0v) is 17.1. The minimum absolute atomic E-state index is 0.164. The molecule has 136 valence electrons. The van der Waals surface area contributed by atoms with Crippen LogP contribution >= 0.6 is 46.3 Å². The van der Waals surface area contributed by atoms with Crippen LogP contribution in [0.3, 0.4) is 0 Å². The van der Waals surface area contributed by atoms with Crippen LogP contribution in [0, 0.1) is 0 Å². The minimum atomic E-state index is -0.164. The summed E-state index contributed by atoms with van der Waals surface area (Å²) in [6, 6.07) is 8.96. The van der Waals surface area contributed by atoms with Gasteiger partial charge in [-0.2, -0.15) is 0 Å². The Morgan fingerprint density at radius 1 is 1.31 bits per heavy atom. The van der Waals surface area contributed by atoms with Crippen LogP contribution in [0.25, 0.3) is 10.7 Å². The van der Waals surface area contributed by atoms with Crippen molar-refractivity contribution in [1.29, 1.82) is 0 Å². The quantitative estimate of drug-likeness (QED) is 0.509. The molecule has 0 saturated heterocycles. The van der Waals surface area contributed by atoms with Crippen LogP contribution in [0.4, 0.5) is 5.69 Å². The van der Waals surface area contributed by atoms with Crippen LogP contribution in [0.1, 0.15) is 13.3 Å². The second-order valence-electron chi connectivity index (χ2n) is 5.40. The standard InChI is InChI=1S/C17H16Cl2N4OS2/c1-2-7-23-16(14-4-3-8-25-14)21-22-17(23)26-10-15(24)20-13-6-5-11(18)9-12(13)19/h3-6,8-9H,2,7,10H2,1H3,(H,20,24). The van der Waals surface area contributed by atoms with E-state index in [1.807, 2.05) is 17.5 Å². The lowest BCUT2D eigenvalue weighted by atomic mass is 10.3. The number of amides is 1. The molecule has 1 amide bonds. The van der Waals surface area contributed by atoms with Crippen LogP contribution in [0.2, 0.25) is 10.0 Å². The maximum atomic E-state index is 12.2. The molecule has 1 aromatic carbocycles. The summed E-state index contributed by atoms with van der Waals surface area (Å²) in [5, 5.41) is 15.0. The normalized spacial score (nSPS) is 10.9. The van der Waals surface area contributed by atoms with E-state index in [9.17, 15) is 4.79 Å². The summed E-state index contributed by atoms with van der Waals surface area (Å²) < 4.78 is 2.05. The van der Waals surface area contributed by atoms with Crippen LogP contribution in [0.15, 0.2) is 40.9 Å². The summed E-state index contributed by atoms with van der Waals surface area (Å²) >= 11 is 14.9. The van der Waals surface area contributed by atoms with Crippen molar-refractivity contribution in [3.8, 4) is 10.7 Å². The van der Waals surface area contributed by atoms with E-state index in [1.54, 1.807) is 29.5 Å². The molecule has 5 nitrogen and oxygen atoms in total. The number of rotatable bonds is 7. The van der Waals surface area contributed by atoms with Gasteiger partial charge in [-0.3, -0.25) is 4.79 Å². The van der Waals surface area contributed by atoms with E-state index in [0.29, 0.717) is 15.7 Å². The molecule has 26 heavy (non-hydrogen) atoms. The molecule has 9 heteroatoms. The first-order chi connectivity index (χ1) is 12.6. The molecule has 3 rings (SSSR count). The number of halogens is 2. The number of carbonyl (C=O) groups is 1. The maximum absolute atomic E-state index is 12.2. The van der Waals surface area contributed by atoms with E-state index in [4.69, 9.17) is 23.2 Å². The number of thiophene rings is 1. The number of hydrogen-bond acceptors (Lipinski definition) is 5. The Kier molecular flexibility index (Phi) is 6.58. The lowest BCUT2D eigenvalue weighted by molar-refractivity contribution is -0.113. The number of benzene rings is 1. The van der Waals surface area contributed by atoms with Gasteiger partial charge in [-0.25, -0.2) is 0 Å². The van der Waals surface area contributed by atoms with Gasteiger partial charge in [0.2, 0.25) is 5.91 Å². The topological polar surface area (TPSA) is 59.8 Å². The van der Waals surface area contributed by atoms with Crippen molar-refractivity contribution in [3.05, 3.63) is 45.8 Å². The largest absolute Gasteiger partial charge is 0.324 e. The number of hydrogen-bond donors (Lipinski definition) is 1. The Morgan fingerprint density at radius 2 is 2.15 bits per heavy atom. The van der Waals surface area contributed by atoms with Gasteiger partial charge in [0.05, 0.1) is 21.3 Å². The van der Waals surface area contributed by atoms with E-state index < -0.39 is 0 Å². The number of anilines is 1. The molecule has 2 heterocycles. The van der Waals surface area contributed by atoms with Gasteiger partial charge in [-0.05, 0) is 36.1 Å². The third kappa shape index (κ3) is 4.59. The zero-order valence-electron chi connectivity index (χ0n) is 13.9. The maximum Gasteiger partial charge on any atom is 0.234 e. The summed E-state index contributed by atoms with van der Waals surface area (Å²) in [5.41, 5.74) is 0.538. The van der Waals surface area contributed by atoms with E-state index in [2.05, 4.69) is 27.0 Å². The van der Waals surface area contributed by atoms with Gasteiger partial charge in [0.1, 0.15) is 0 Å². The molecule has 0 atom stereocenters. The fourth-order valence-corrected chi connectivity index (χ4v) is 4.25. The van der Waals surface area contributed by atoms with Crippen molar-refractivity contribution in [3.63, 3.8) is 0 Å². The Bertz CT molecular complexity index is 896. The number of aromatic nitrogens is 3.